The van der Waals surface area contributed by atoms with E-state index in [1.807, 2.05) is 6.07 Å². The molecule has 0 atom stereocenters. The van der Waals surface area contributed by atoms with Crippen LogP contribution < -0.4 is 14.7 Å². The maximum Gasteiger partial charge on any atom is 0.230 e. The Morgan fingerprint density at radius 1 is 0.710 bits per heavy atom. The van der Waals surface area contributed by atoms with Gasteiger partial charge in [0.1, 0.15) is 11.5 Å². The summed E-state index contributed by atoms with van der Waals surface area (Å²) in [6.07, 6.45) is 2.42. The summed E-state index contributed by atoms with van der Waals surface area (Å²) in [5, 5.41) is 0. The van der Waals surface area contributed by atoms with E-state index < -0.39 is 0 Å². The summed E-state index contributed by atoms with van der Waals surface area (Å²) in [5.74, 6) is 3.83. The lowest BCUT2D eigenvalue weighted by atomic mass is 9.99. The van der Waals surface area contributed by atoms with E-state index in [9.17, 15) is 0 Å². The monoisotopic (exact) mass is 425 g/mol. The first-order valence-electron chi connectivity index (χ1n) is 11.4. The molecule has 0 spiro atoms. The van der Waals surface area contributed by atoms with Crippen molar-refractivity contribution in [1.82, 2.24) is 19.9 Å². The van der Waals surface area contributed by atoms with Crippen molar-refractivity contribution < 1.29 is 9.47 Å². The van der Waals surface area contributed by atoms with E-state index in [0.717, 1.165) is 56.7 Å². The molecule has 5 rings (SSSR count). The van der Waals surface area contributed by atoms with Gasteiger partial charge in [-0.05, 0) is 30.9 Å². The maximum absolute atomic E-state index is 5.52. The van der Waals surface area contributed by atoms with Crippen LogP contribution in [0.15, 0.2) is 18.2 Å². The van der Waals surface area contributed by atoms with Crippen LogP contribution >= 0.6 is 0 Å². The normalized spacial score (nSPS) is 20.9. The lowest BCUT2D eigenvalue weighted by molar-refractivity contribution is 0.121. The van der Waals surface area contributed by atoms with Gasteiger partial charge in [-0.15, -0.1) is 0 Å². The first kappa shape index (κ1) is 20.4. The minimum absolute atomic E-state index is 0.630. The molecule has 0 bridgehead atoms. The zero-order valence-electron chi connectivity index (χ0n) is 18.2. The largest absolute Gasteiger partial charge is 0.378 e. The highest BCUT2D eigenvalue weighted by molar-refractivity contribution is 5.58. The van der Waals surface area contributed by atoms with Gasteiger partial charge in [-0.25, -0.2) is 4.98 Å². The molecule has 0 aliphatic carbocycles. The molecule has 2 aromatic heterocycles. The van der Waals surface area contributed by atoms with Gasteiger partial charge in [0.05, 0.1) is 26.4 Å². The fraction of sp³-hybridized carbons (Fsp3) is 0.636. The van der Waals surface area contributed by atoms with Crippen LogP contribution in [0.1, 0.15) is 19.8 Å². The third-order valence-corrected chi connectivity index (χ3v) is 6.27. The summed E-state index contributed by atoms with van der Waals surface area (Å²) in [4.78, 5) is 26.1. The number of aromatic nitrogens is 4. The Morgan fingerprint density at radius 2 is 1.29 bits per heavy atom. The number of piperidine rings is 1. The Bertz CT molecular complexity index is 840. The quantitative estimate of drug-likeness (QED) is 0.729. The Balaban J connectivity index is 1.47. The molecule has 166 valence electrons. The number of anilines is 3. The van der Waals surface area contributed by atoms with Gasteiger partial charge in [-0.3, -0.25) is 0 Å². The topological polar surface area (TPSA) is 79.7 Å². The van der Waals surface area contributed by atoms with E-state index >= 15 is 0 Å². The highest BCUT2D eigenvalue weighted by Gasteiger charge is 2.22. The molecule has 0 N–H and O–H groups in total. The summed E-state index contributed by atoms with van der Waals surface area (Å²) in [7, 11) is 0. The van der Waals surface area contributed by atoms with Crippen molar-refractivity contribution in [3.63, 3.8) is 0 Å². The van der Waals surface area contributed by atoms with Crippen LogP contribution in [-0.2, 0) is 9.47 Å². The summed E-state index contributed by atoms with van der Waals surface area (Å²) in [5.41, 5.74) is 0.794. The van der Waals surface area contributed by atoms with Gasteiger partial charge in [0.2, 0.25) is 11.9 Å². The highest BCUT2D eigenvalue weighted by Crippen LogP contribution is 2.25. The summed E-state index contributed by atoms with van der Waals surface area (Å²) >= 11 is 0. The van der Waals surface area contributed by atoms with E-state index in [4.69, 9.17) is 29.4 Å². The molecule has 3 fully saturated rings. The summed E-state index contributed by atoms with van der Waals surface area (Å²) in [6.45, 7) is 10.3. The van der Waals surface area contributed by atoms with Gasteiger partial charge < -0.3 is 24.2 Å². The van der Waals surface area contributed by atoms with Gasteiger partial charge in [0, 0.05) is 39.3 Å². The zero-order chi connectivity index (χ0) is 21.0. The number of rotatable bonds is 4. The number of ether oxygens (including phenoxy) is 2. The van der Waals surface area contributed by atoms with E-state index in [1.54, 1.807) is 0 Å². The number of hydrogen-bond donors (Lipinski definition) is 0. The average Bonchev–Trinajstić information content (AvgIpc) is 2.85. The number of morpholine rings is 2. The lowest BCUT2D eigenvalue weighted by Gasteiger charge is -2.31. The predicted octanol–water partition coefficient (Wildman–Crippen LogP) is 1.84. The first-order valence-corrected chi connectivity index (χ1v) is 11.4. The van der Waals surface area contributed by atoms with Crippen LogP contribution in [0.5, 0.6) is 0 Å². The summed E-state index contributed by atoms with van der Waals surface area (Å²) in [6, 6.07) is 6.15. The van der Waals surface area contributed by atoms with E-state index in [0.29, 0.717) is 44.1 Å². The standard InChI is InChI=1S/C22H31N7O2/c1-17-5-7-27(8-6-17)19-4-2-3-18(23-19)20-24-21(28-9-13-30-14-10-28)26-22(25-20)29-11-15-31-16-12-29/h2-4,17H,5-16H2,1H3. The van der Waals surface area contributed by atoms with Crippen molar-refractivity contribution in [2.24, 2.45) is 5.92 Å². The highest BCUT2D eigenvalue weighted by atomic mass is 16.5. The number of nitrogens with zero attached hydrogens (tertiary/aromatic N) is 7. The Morgan fingerprint density at radius 3 is 1.87 bits per heavy atom. The van der Waals surface area contributed by atoms with E-state index in [1.165, 1.54) is 12.8 Å². The molecule has 0 unspecified atom stereocenters. The fourth-order valence-corrected chi connectivity index (χ4v) is 4.24. The molecular formula is C22H31N7O2. The molecule has 0 amide bonds. The van der Waals surface area contributed by atoms with E-state index in [2.05, 4.69) is 33.8 Å². The molecule has 3 saturated heterocycles. The molecule has 0 radical (unpaired) electrons. The smallest absolute Gasteiger partial charge is 0.230 e. The maximum atomic E-state index is 5.52. The van der Waals surface area contributed by atoms with Gasteiger partial charge >= 0.3 is 0 Å². The van der Waals surface area contributed by atoms with Crippen molar-refractivity contribution in [1.29, 1.82) is 0 Å². The van der Waals surface area contributed by atoms with E-state index in [-0.39, 0.29) is 0 Å². The molecule has 5 heterocycles. The van der Waals surface area contributed by atoms with Crippen molar-refractivity contribution >= 4 is 17.7 Å². The average molecular weight is 426 g/mol. The predicted molar refractivity (Wildman–Crippen MR) is 120 cm³/mol. The molecule has 0 saturated carbocycles. The van der Waals surface area contributed by atoms with Crippen LogP contribution in [0.25, 0.3) is 11.5 Å². The van der Waals surface area contributed by atoms with Crippen molar-refractivity contribution in [2.75, 3.05) is 80.4 Å². The van der Waals surface area contributed by atoms with Gasteiger partial charge in [-0.1, -0.05) is 13.0 Å². The van der Waals surface area contributed by atoms with Crippen LogP contribution in [0.4, 0.5) is 17.7 Å². The fourth-order valence-electron chi connectivity index (χ4n) is 4.24. The molecule has 31 heavy (non-hydrogen) atoms. The van der Waals surface area contributed by atoms with Crippen LogP contribution in [-0.4, -0.2) is 85.6 Å². The molecule has 0 aromatic carbocycles. The van der Waals surface area contributed by atoms with Crippen molar-refractivity contribution in [3.05, 3.63) is 18.2 Å². The second-order valence-electron chi connectivity index (χ2n) is 8.51. The lowest BCUT2D eigenvalue weighted by Crippen LogP contribution is -2.40. The minimum atomic E-state index is 0.630. The van der Waals surface area contributed by atoms with Gasteiger partial charge in [-0.2, -0.15) is 15.0 Å². The Labute approximate surface area is 183 Å². The first-order chi connectivity index (χ1) is 15.3. The van der Waals surface area contributed by atoms with Crippen LogP contribution in [0, 0.1) is 5.92 Å². The van der Waals surface area contributed by atoms with Crippen molar-refractivity contribution in [2.45, 2.75) is 19.8 Å². The second-order valence-corrected chi connectivity index (χ2v) is 8.51. The third kappa shape index (κ3) is 4.72. The molecule has 2 aromatic rings. The minimum Gasteiger partial charge on any atom is -0.378 e. The second kappa shape index (κ2) is 9.32. The molecule has 9 nitrogen and oxygen atoms in total. The van der Waals surface area contributed by atoms with Crippen LogP contribution in [0.3, 0.4) is 0 Å². The SMILES string of the molecule is CC1CCN(c2cccc(-c3nc(N4CCOCC4)nc(N4CCOCC4)n3)n2)CC1. The third-order valence-electron chi connectivity index (χ3n) is 6.27. The Kier molecular flexibility index (Phi) is 6.13. The molecular weight excluding hydrogens is 394 g/mol. The molecule has 3 aliphatic rings. The zero-order valence-corrected chi connectivity index (χ0v) is 18.2. The Hall–Kier alpha value is -2.52. The van der Waals surface area contributed by atoms with Crippen LogP contribution in [0.2, 0.25) is 0 Å². The summed E-state index contributed by atoms with van der Waals surface area (Å²) < 4.78 is 11.0. The number of hydrogen-bond acceptors (Lipinski definition) is 9. The van der Waals surface area contributed by atoms with Gasteiger partial charge in [0.25, 0.3) is 0 Å². The number of pyridine rings is 1. The van der Waals surface area contributed by atoms with Crippen molar-refractivity contribution in [3.8, 4) is 11.5 Å². The van der Waals surface area contributed by atoms with Gasteiger partial charge in [0.15, 0.2) is 5.82 Å². The molecule has 3 aliphatic heterocycles. The molecule has 9 heteroatoms.